The van der Waals surface area contributed by atoms with Gasteiger partial charge in [-0.15, -0.1) is 0 Å². The number of benzene rings is 1. The first-order chi connectivity index (χ1) is 7.75. The van der Waals surface area contributed by atoms with E-state index < -0.39 is 12.2 Å². The lowest BCUT2D eigenvalue weighted by Crippen LogP contribution is -2.26. The van der Waals surface area contributed by atoms with Crippen molar-refractivity contribution in [1.82, 2.24) is 0 Å². The average molecular weight is 218 g/mol. The molecule has 0 saturated carbocycles. The first-order valence-corrected chi connectivity index (χ1v) is 5.36. The summed E-state index contributed by atoms with van der Waals surface area (Å²) in [6.45, 7) is 0. The summed E-state index contributed by atoms with van der Waals surface area (Å²) < 4.78 is 4.91. The van der Waals surface area contributed by atoms with E-state index in [9.17, 15) is 9.90 Å². The largest absolute Gasteiger partial charge is 0.452 e. The molecule has 0 radical (unpaired) electrons. The number of carbonyl (C=O) groups is 1. The molecule has 0 saturated heterocycles. The Labute approximate surface area is 94.4 Å². The number of hydrogen-bond donors (Lipinski definition) is 1. The van der Waals surface area contributed by atoms with Crippen LogP contribution in [0.5, 0.6) is 0 Å². The molecule has 84 valence electrons. The van der Waals surface area contributed by atoms with Gasteiger partial charge in [0.15, 0.2) is 0 Å². The number of rotatable bonds is 4. The molecule has 0 fully saturated rings. The highest BCUT2D eigenvalue weighted by Gasteiger charge is 2.24. The van der Waals surface area contributed by atoms with Gasteiger partial charge in [0.05, 0.1) is 6.10 Å². The predicted molar refractivity (Wildman–Crippen MR) is 59.8 cm³/mol. The molecule has 3 heteroatoms. The van der Waals surface area contributed by atoms with Crippen LogP contribution in [0.4, 0.5) is 0 Å². The van der Waals surface area contributed by atoms with Crippen LogP contribution in [0.1, 0.15) is 12.0 Å². The Morgan fingerprint density at radius 1 is 1.31 bits per heavy atom. The van der Waals surface area contributed by atoms with Gasteiger partial charge in [0, 0.05) is 6.08 Å². The summed E-state index contributed by atoms with van der Waals surface area (Å²) >= 11 is 0. The first-order valence-electron chi connectivity index (χ1n) is 5.36. The van der Waals surface area contributed by atoms with E-state index in [0.29, 0.717) is 6.42 Å². The quantitative estimate of drug-likeness (QED) is 0.778. The van der Waals surface area contributed by atoms with Gasteiger partial charge in [-0.05, 0) is 24.5 Å². The van der Waals surface area contributed by atoms with E-state index in [4.69, 9.17) is 4.74 Å². The maximum absolute atomic E-state index is 10.8. The Morgan fingerprint density at radius 3 is 2.69 bits per heavy atom. The van der Waals surface area contributed by atoms with Crippen molar-refractivity contribution in [3.8, 4) is 0 Å². The lowest BCUT2D eigenvalue weighted by atomic mass is 10.0. The molecule has 0 aromatic heterocycles. The number of aliphatic hydroxyl groups is 1. The predicted octanol–water partition coefficient (Wildman–Crippen LogP) is 1.46. The van der Waals surface area contributed by atoms with Crippen molar-refractivity contribution in [3.05, 3.63) is 48.0 Å². The van der Waals surface area contributed by atoms with Gasteiger partial charge in [-0.3, -0.25) is 0 Å². The Kier molecular flexibility index (Phi) is 3.37. The van der Waals surface area contributed by atoms with Crippen LogP contribution in [0.3, 0.4) is 0 Å². The van der Waals surface area contributed by atoms with E-state index >= 15 is 0 Å². The number of cyclic esters (lactones) is 1. The fourth-order valence-electron chi connectivity index (χ4n) is 1.72. The van der Waals surface area contributed by atoms with E-state index in [1.807, 2.05) is 30.3 Å². The Morgan fingerprint density at radius 2 is 2.06 bits per heavy atom. The molecule has 0 spiro atoms. The summed E-state index contributed by atoms with van der Waals surface area (Å²) in [5.41, 5.74) is 1.18. The van der Waals surface area contributed by atoms with Gasteiger partial charge >= 0.3 is 5.97 Å². The zero-order chi connectivity index (χ0) is 11.4. The molecule has 16 heavy (non-hydrogen) atoms. The molecule has 0 unspecified atom stereocenters. The molecule has 1 aromatic rings. The summed E-state index contributed by atoms with van der Waals surface area (Å²) in [7, 11) is 0. The van der Waals surface area contributed by atoms with Crippen LogP contribution in [-0.4, -0.2) is 23.3 Å². The standard InChI is InChI=1S/C13H14O3/c14-11(12-8-9-13(15)16-12)7-6-10-4-2-1-3-5-10/h1-5,8-9,11-12,14H,6-7H2/t11-,12+/m0/s1. The number of esters is 1. The zero-order valence-electron chi connectivity index (χ0n) is 8.87. The van der Waals surface area contributed by atoms with Gasteiger partial charge in [-0.25, -0.2) is 4.79 Å². The normalized spacial score (nSPS) is 20.8. The molecule has 1 aliphatic rings. The lowest BCUT2D eigenvalue weighted by molar-refractivity contribution is -0.142. The number of hydrogen-bond acceptors (Lipinski definition) is 3. The summed E-state index contributed by atoms with van der Waals surface area (Å²) in [5, 5.41) is 9.80. The van der Waals surface area contributed by atoms with Crippen molar-refractivity contribution in [3.63, 3.8) is 0 Å². The van der Waals surface area contributed by atoms with E-state index in [-0.39, 0.29) is 5.97 Å². The molecule has 1 aliphatic heterocycles. The Balaban J connectivity index is 1.82. The number of ether oxygens (including phenoxy) is 1. The monoisotopic (exact) mass is 218 g/mol. The smallest absolute Gasteiger partial charge is 0.331 e. The van der Waals surface area contributed by atoms with Crippen molar-refractivity contribution < 1.29 is 14.6 Å². The Bertz CT molecular complexity index is 383. The first kappa shape index (κ1) is 10.9. The molecular weight excluding hydrogens is 204 g/mol. The minimum Gasteiger partial charge on any atom is -0.452 e. The van der Waals surface area contributed by atoms with Gasteiger partial charge in [-0.1, -0.05) is 30.3 Å². The number of aliphatic hydroxyl groups excluding tert-OH is 1. The maximum Gasteiger partial charge on any atom is 0.331 e. The summed E-state index contributed by atoms with van der Waals surface area (Å²) in [4.78, 5) is 10.8. The van der Waals surface area contributed by atoms with Gasteiger partial charge in [0.1, 0.15) is 6.10 Å². The van der Waals surface area contributed by atoms with Gasteiger partial charge in [0.25, 0.3) is 0 Å². The maximum atomic E-state index is 10.8. The second kappa shape index (κ2) is 4.94. The van der Waals surface area contributed by atoms with Crippen LogP contribution in [0, 0.1) is 0 Å². The summed E-state index contributed by atoms with van der Waals surface area (Å²) in [5.74, 6) is -0.372. The molecule has 2 rings (SSSR count). The van der Waals surface area contributed by atoms with Crippen LogP contribution in [-0.2, 0) is 16.0 Å². The highest BCUT2D eigenvalue weighted by molar-refractivity contribution is 5.84. The average Bonchev–Trinajstić information content (AvgIpc) is 2.74. The fourth-order valence-corrected chi connectivity index (χ4v) is 1.72. The van der Waals surface area contributed by atoms with Gasteiger partial charge < -0.3 is 9.84 Å². The SMILES string of the molecule is O=C1C=C[C@H]([C@@H](O)CCc2ccccc2)O1. The van der Waals surface area contributed by atoms with Crippen molar-refractivity contribution in [2.45, 2.75) is 25.0 Å². The molecule has 1 heterocycles. The van der Waals surface area contributed by atoms with Crippen LogP contribution in [0.25, 0.3) is 0 Å². The van der Waals surface area contributed by atoms with Gasteiger partial charge in [-0.2, -0.15) is 0 Å². The topological polar surface area (TPSA) is 46.5 Å². The van der Waals surface area contributed by atoms with Crippen molar-refractivity contribution in [2.75, 3.05) is 0 Å². The molecule has 2 atom stereocenters. The van der Waals surface area contributed by atoms with Crippen molar-refractivity contribution in [1.29, 1.82) is 0 Å². The molecule has 0 aliphatic carbocycles. The van der Waals surface area contributed by atoms with E-state index in [1.165, 1.54) is 11.6 Å². The molecule has 0 amide bonds. The van der Waals surface area contributed by atoms with E-state index in [0.717, 1.165) is 6.42 Å². The highest BCUT2D eigenvalue weighted by atomic mass is 16.6. The second-order valence-electron chi connectivity index (χ2n) is 3.85. The van der Waals surface area contributed by atoms with E-state index in [1.54, 1.807) is 6.08 Å². The molecule has 1 N–H and O–H groups in total. The second-order valence-corrected chi connectivity index (χ2v) is 3.85. The van der Waals surface area contributed by atoms with Crippen LogP contribution in [0.2, 0.25) is 0 Å². The van der Waals surface area contributed by atoms with E-state index in [2.05, 4.69) is 0 Å². The van der Waals surface area contributed by atoms with Crippen molar-refractivity contribution in [2.24, 2.45) is 0 Å². The molecule has 1 aromatic carbocycles. The molecule has 0 bridgehead atoms. The minimum atomic E-state index is -0.622. The lowest BCUT2D eigenvalue weighted by Gasteiger charge is -2.15. The highest BCUT2D eigenvalue weighted by Crippen LogP contribution is 2.14. The number of aryl methyl sites for hydroxylation is 1. The van der Waals surface area contributed by atoms with Crippen LogP contribution in [0.15, 0.2) is 42.5 Å². The summed E-state index contributed by atoms with van der Waals surface area (Å²) in [6.07, 6.45) is 3.24. The zero-order valence-corrected chi connectivity index (χ0v) is 8.87. The molecular formula is C13H14O3. The third-order valence-corrected chi connectivity index (χ3v) is 2.63. The Hall–Kier alpha value is -1.61. The third kappa shape index (κ3) is 2.70. The summed E-state index contributed by atoms with van der Waals surface area (Å²) in [6, 6.07) is 9.93. The van der Waals surface area contributed by atoms with Crippen LogP contribution < -0.4 is 0 Å². The van der Waals surface area contributed by atoms with Gasteiger partial charge in [0.2, 0.25) is 0 Å². The minimum absolute atomic E-state index is 0.372. The van der Waals surface area contributed by atoms with Crippen LogP contribution >= 0.6 is 0 Å². The number of carbonyl (C=O) groups excluding carboxylic acids is 1. The third-order valence-electron chi connectivity index (χ3n) is 2.63. The fraction of sp³-hybridized carbons (Fsp3) is 0.308. The van der Waals surface area contributed by atoms with Crippen molar-refractivity contribution >= 4 is 5.97 Å². The molecule has 3 nitrogen and oxygen atoms in total.